The van der Waals surface area contributed by atoms with E-state index in [0.717, 1.165) is 11.1 Å². The molecule has 33 heavy (non-hydrogen) atoms. The summed E-state index contributed by atoms with van der Waals surface area (Å²) >= 11 is 12.4. The van der Waals surface area contributed by atoms with E-state index in [0.29, 0.717) is 27.6 Å². The Morgan fingerprint density at radius 2 is 1.64 bits per heavy atom. The molecule has 0 radical (unpaired) electrons. The fourth-order valence-electron chi connectivity index (χ4n) is 3.98. The number of Topliss-reactive ketones (excluding diaryl/α,β-unsaturated/α-hetero) is 1. The predicted octanol–water partition coefficient (Wildman–Crippen LogP) is 6.25. The molecule has 1 saturated heterocycles. The van der Waals surface area contributed by atoms with Gasteiger partial charge in [-0.3, -0.25) is 14.5 Å². The summed E-state index contributed by atoms with van der Waals surface area (Å²) in [6, 6.07) is 16.3. The Morgan fingerprint density at radius 1 is 0.939 bits per heavy atom. The number of amides is 1. The molecule has 0 bridgehead atoms. The fourth-order valence-corrected chi connectivity index (χ4v) is 4.29. The Morgan fingerprint density at radius 3 is 2.24 bits per heavy atom. The van der Waals surface area contributed by atoms with Gasteiger partial charge in [-0.05, 0) is 67.4 Å². The van der Waals surface area contributed by atoms with Crippen molar-refractivity contribution in [2.24, 2.45) is 0 Å². The highest BCUT2D eigenvalue weighted by Gasteiger charge is 2.47. The molecule has 1 unspecified atom stereocenters. The second-order valence-electron chi connectivity index (χ2n) is 7.86. The third-order valence-electron chi connectivity index (χ3n) is 5.68. The van der Waals surface area contributed by atoms with Gasteiger partial charge in [0.05, 0.1) is 28.8 Å². The number of carbonyl (C=O) groups excluding carboxylic acids is 2. The highest BCUT2D eigenvalue weighted by atomic mass is 35.5. The first kappa shape index (κ1) is 22.9. The standard InChI is InChI=1S/C26H21Cl2NO4/c1-14-4-8-18(9-5-14)29-23(16-6-10-19(27)20(28)13-16)22(25(31)26(29)32)24(30)17-7-11-21(33-3)15(2)12-17/h4-13,23,30H,1-3H3/b24-22-. The minimum absolute atomic E-state index is 0.0245. The van der Waals surface area contributed by atoms with Crippen LogP contribution in [0.5, 0.6) is 5.75 Å². The lowest BCUT2D eigenvalue weighted by molar-refractivity contribution is -0.132. The van der Waals surface area contributed by atoms with Gasteiger partial charge in [-0.25, -0.2) is 0 Å². The van der Waals surface area contributed by atoms with Crippen molar-refractivity contribution in [2.75, 3.05) is 12.0 Å². The normalized spacial score (nSPS) is 17.5. The molecule has 168 valence electrons. The summed E-state index contributed by atoms with van der Waals surface area (Å²) < 4.78 is 5.29. The number of halogens is 2. The summed E-state index contributed by atoms with van der Waals surface area (Å²) in [6.45, 7) is 3.76. The van der Waals surface area contributed by atoms with E-state index in [1.54, 1.807) is 55.6 Å². The van der Waals surface area contributed by atoms with Gasteiger partial charge in [-0.2, -0.15) is 0 Å². The maximum Gasteiger partial charge on any atom is 0.300 e. The lowest BCUT2D eigenvalue weighted by Crippen LogP contribution is -2.29. The number of hydrogen-bond acceptors (Lipinski definition) is 4. The third-order valence-corrected chi connectivity index (χ3v) is 6.42. The van der Waals surface area contributed by atoms with E-state index in [9.17, 15) is 14.7 Å². The first-order valence-electron chi connectivity index (χ1n) is 10.2. The maximum absolute atomic E-state index is 13.2. The number of aliphatic hydroxyl groups excluding tert-OH is 1. The van der Waals surface area contributed by atoms with E-state index >= 15 is 0 Å². The van der Waals surface area contributed by atoms with Crippen LogP contribution in [0.1, 0.15) is 28.3 Å². The molecule has 1 amide bonds. The molecule has 0 saturated carbocycles. The van der Waals surface area contributed by atoms with Crippen LogP contribution in [0, 0.1) is 13.8 Å². The summed E-state index contributed by atoms with van der Waals surface area (Å²) in [7, 11) is 1.55. The number of benzene rings is 3. The Balaban J connectivity index is 1.95. The second-order valence-corrected chi connectivity index (χ2v) is 8.68. The number of hydrogen-bond donors (Lipinski definition) is 1. The smallest absolute Gasteiger partial charge is 0.300 e. The van der Waals surface area contributed by atoms with Gasteiger partial charge in [0.1, 0.15) is 11.5 Å². The summed E-state index contributed by atoms with van der Waals surface area (Å²) in [4.78, 5) is 27.8. The van der Waals surface area contributed by atoms with Gasteiger partial charge in [0.2, 0.25) is 0 Å². The monoisotopic (exact) mass is 481 g/mol. The first-order valence-corrected chi connectivity index (χ1v) is 11.0. The SMILES string of the molecule is COc1ccc(/C(O)=C2/C(=O)C(=O)N(c3ccc(C)cc3)C2c2ccc(Cl)c(Cl)c2)cc1C. The summed E-state index contributed by atoms with van der Waals surface area (Å²) in [5, 5.41) is 11.9. The summed E-state index contributed by atoms with van der Waals surface area (Å²) in [5.74, 6) is -1.14. The van der Waals surface area contributed by atoms with Crippen molar-refractivity contribution >= 4 is 46.3 Å². The number of aryl methyl sites for hydroxylation is 2. The molecular weight excluding hydrogens is 461 g/mol. The molecule has 1 aliphatic heterocycles. The van der Waals surface area contributed by atoms with Crippen molar-refractivity contribution in [1.82, 2.24) is 0 Å². The number of ketones is 1. The summed E-state index contributed by atoms with van der Waals surface area (Å²) in [6.07, 6.45) is 0. The lowest BCUT2D eigenvalue weighted by atomic mass is 9.94. The van der Waals surface area contributed by atoms with E-state index < -0.39 is 17.7 Å². The van der Waals surface area contributed by atoms with E-state index in [2.05, 4.69) is 0 Å². The first-order chi connectivity index (χ1) is 15.7. The number of rotatable bonds is 4. The zero-order chi connectivity index (χ0) is 23.9. The van der Waals surface area contributed by atoms with Crippen molar-refractivity contribution in [3.05, 3.63) is 98.5 Å². The zero-order valence-corrected chi connectivity index (χ0v) is 19.7. The zero-order valence-electron chi connectivity index (χ0n) is 18.2. The van der Waals surface area contributed by atoms with E-state index in [-0.39, 0.29) is 16.4 Å². The molecule has 4 rings (SSSR count). The van der Waals surface area contributed by atoms with Crippen LogP contribution in [0.3, 0.4) is 0 Å². The number of nitrogens with zero attached hydrogens (tertiary/aromatic N) is 1. The molecule has 7 heteroatoms. The lowest BCUT2D eigenvalue weighted by Gasteiger charge is -2.26. The molecule has 1 fully saturated rings. The van der Waals surface area contributed by atoms with Crippen LogP contribution >= 0.6 is 23.2 Å². The number of methoxy groups -OCH3 is 1. The quantitative estimate of drug-likeness (QED) is 0.271. The molecule has 5 nitrogen and oxygen atoms in total. The topological polar surface area (TPSA) is 66.8 Å². The predicted molar refractivity (Wildman–Crippen MR) is 130 cm³/mol. The van der Waals surface area contributed by atoms with E-state index in [4.69, 9.17) is 27.9 Å². The molecule has 3 aromatic carbocycles. The van der Waals surface area contributed by atoms with Crippen LogP contribution in [0.25, 0.3) is 5.76 Å². The molecule has 1 aliphatic rings. The molecule has 0 aromatic heterocycles. The number of ether oxygens (including phenoxy) is 1. The number of carbonyl (C=O) groups is 2. The highest BCUT2D eigenvalue weighted by Crippen LogP contribution is 2.43. The van der Waals surface area contributed by atoms with Gasteiger partial charge < -0.3 is 9.84 Å². The summed E-state index contributed by atoms with van der Waals surface area (Å²) in [5.41, 5.74) is 3.25. The van der Waals surface area contributed by atoms with E-state index in [1.165, 1.54) is 4.90 Å². The largest absolute Gasteiger partial charge is 0.507 e. The van der Waals surface area contributed by atoms with Crippen LogP contribution in [0.15, 0.2) is 66.2 Å². The molecule has 1 atom stereocenters. The minimum Gasteiger partial charge on any atom is -0.507 e. The van der Waals surface area contributed by atoms with E-state index in [1.807, 2.05) is 26.0 Å². The van der Waals surface area contributed by atoms with Gasteiger partial charge in [0.15, 0.2) is 0 Å². The fraction of sp³-hybridized carbons (Fsp3) is 0.154. The molecule has 3 aromatic rings. The van der Waals surface area contributed by atoms with Crippen LogP contribution in [-0.2, 0) is 9.59 Å². The minimum atomic E-state index is -0.884. The Kier molecular flexibility index (Phi) is 6.19. The number of aliphatic hydroxyl groups is 1. The third kappa shape index (κ3) is 4.10. The molecule has 0 aliphatic carbocycles. The molecule has 0 spiro atoms. The maximum atomic E-state index is 13.2. The van der Waals surface area contributed by atoms with Gasteiger partial charge in [0, 0.05) is 11.3 Å². The van der Waals surface area contributed by atoms with Crippen molar-refractivity contribution < 1.29 is 19.4 Å². The average molecular weight is 482 g/mol. The molecular formula is C26H21Cl2NO4. The molecule has 1 heterocycles. The van der Waals surface area contributed by atoms with Gasteiger partial charge >= 0.3 is 0 Å². The second kappa shape index (κ2) is 8.93. The highest BCUT2D eigenvalue weighted by molar-refractivity contribution is 6.51. The number of anilines is 1. The Hall–Kier alpha value is -3.28. The van der Waals surface area contributed by atoms with Gasteiger partial charge in [-0.15, -0.1) is 0 Å². The average Bonchev–Trinajstić information content (AvgIpc) is 3.06. The van der Waals surface area contributed by atoms with Crippen LogP contribution in [0.4, 0.5) is 5.69 Å². The van der Waals surface area contributed by atoms with Crippen LogP contribution < -0.4 is 9.64 Å². The van der Waals surface area contributed by atoms with Crippen molar-refractivity contribution in [1.29, 1.82) is 0 Å². The van der Waals surface area contributed by atoms with Gasteiger partial charge in [0.25, 0.3) is 11.7 Å². The van der Waals surface area contributed by atoms with Crippen molar-refractivity contribution in [3.63, 3.8) is 0 Å². The van der Waals surface area contributed by atoms with Crippen LogP contribution in [0.2, 0.25) is 10.0 Å². The van der Waals surface area contributed by atoms with Crippen molar-refractivity contribution in [3.8, 4) is 5.75 Å². The van der Waals surface area contributed by atoms with Crippen LogP contribution in [-0.4, -0.2) is 23.9 Å². The molecule has 1 N–H and O–H groups in total. The van der Waals surface area contributed by atoms with Gasteiger partial charge in [-0.1, -0.05) is 47.0 Å². The van der Waals surface area contributed by atoms with Crippen molar-refractivity contribution in [2.45, 2.75) is 19.9 Å². The Bertz CT molecular complexity index is 1300. The Labute approximate surface area is 201 Å².